The van der Waals surface area contributed by atoms with E-state index in [1.54, 1.807) is 0 Å². The minimum absolute atomic E-state index is 0.919. The van der Waals surface area contributed by atoms with Gasteiger partial charge in [0.05, 0.1) is 0 Å². The molecule has 0 aromatic heterocycles. The van der Waals surface area contributed by atoms with Crippen LogP contribution in [0.1, 0.15) is 26.7 Å². The van der Waals surface area contributed by atoms with Crippen molar-refractivity contribution in [2.75, 3.05) is 21.0 Å². The third-order valence-electron chi connectivity index (χ3n) is 2.38. The summed E-state index contributed by atoms with van der Waals surface area (Å²) in [5, 5.41) is 0. The number of hydrogen-bond acceptors (Lipinski definition) is 2. The molecule has 1 atom stereocenters. The van der Waals surface area contributed by atoms with Crippen LogP contribution in [0.15, 0.2) is 0 Å². The molecule has 1 aliphatic heterocycles. The Morgan fingerprint density at radius 1 is 1.33 bits per heavy atom. The van der Waals surface area contributed by atoms with E-state index in [1.807, 2.05) is 0 Å². The fourth-order valence-electron chi connectivity index (χ4n) is 1.15. The fraction of sp³-hybridized carbons (Fsp3) is 1.00. The Bertz CT molecular complexity index is 130. The number of nitrogens with one attached hydrogen (secondary N) is 1. The van der Waals surface area contributed by atoms with Crippen LogP contribution in [0.3, 0.4) is 0 Å². The number of rotatable bonds is 1. The van der Waals surface area contributed by atoms with E-state index in [0.29, 0.717) is 0 Å². The van der Waals surface area contributed by atoms with Gasteiger partial charge in [-0.25, -0.2) is 0 Å². The summed E-state index contributed by atoms with van der Waals surface area (Å²) in [6.07, 6.45) is 2.80. The molecule has 0 bridgehead atoms. The van der Waals surface area contributed by atoms with Crippen LogP contribution in [-0.4, -0.2) is 24.9 Å². The summed E-state index contributed by atoms with van der Waals surface area (Å²) in [5.41, 5.74) is 0. The van der Waals surface area contributed by atoms with E-state index in [-0.39, 0.29) is 0 Å². The average molecular weight is 302 g/mol. The van der Waals surface area contributed by atoms with Gasteiger partial charge in [-0.3, -0.25) is 0 Å². The Kier molecular flexibility index (Phi) is 4.68. The molecular weight excluding hydrogens is 281 g/mol. The number of halogens is 1. The van der Waals surface area contributed by atoms with Crippen LogP contribution in [0.2, 0.25) is 0 Å². The van der Waals surface area contributed by atoms with Crippen LogP contribution < -0.4 is 22.2 Å². The minimum atomic E-state index is -1.51. The van der Waals surface area contributed by atoms with Crippen LogP contribution in [-0.2, 0) is 0 Å². The van der Waals surface area contributed by atoms with Crippen LogP contribution in [0, 0.1) is 0 Å². The molecule has 0 aromatic rings. The molecule has 1 N–H and O–H groups in total. The zero-order valence-electron chi connectivity index (χ0n) is 8.40. The monoisotopic (exact) mass is 302 g/mol. The quantitative estimate of drug-likeness (QED) is 0.386. The standard InChI is InChI=1S/C9H21INS/c1-9(2)10(3)8-12-7-5-4-6-11-10/h9,11H,4-8H2,1-3H3/q-1. The Hall–Kier alpha value is 1.04. The van der Waals surface area contributed by atoms with Crippen LogP contribution in [0.5, 0.6) is 0 Å². The first-order valence-corrected chi connectivity index (χ1v) is 11.8. The van der Waals surface area contributed by atoms with Gasteiger partial charge in [-0.2, -0.15) is 0 Å². The molecule has 1 aliphatic rings. The molecule has 1 fully saturated rings. The summed E-state index contributed by atoms with van der Waals surface area (Å²) in [5.74, 6) is 1.40. The van der Waals surface area contributed by atoms with Crippen molar-refractivity contribution in [2.24, 2.45) is 0 Å². The first-order chi connectivity index (χ1) is 5.65. The molecule has 0 spiro atoms. The summed E-state index contributed by atoms with van der Waals surface area (Å²) in [4.78, 5) is 2.54. The summed E-state index contributed by atoms with van der Waals surface area (Å²) >= 11 is 0.669. The van der Waals surface area contributed by atoms with Gasteiger partial charge in [0.2, 0.25) is 0 Å². The average Bonchev–Trinajstić information content (AvgIpc) is 1.97. The second kappa shape index (κ2) is 5.05. The predicted molar refractivity (Wildman–Crippen MR) is 55.6 cm³/mol. The van der Waals surface area contributed by atoms with Gasteiger partial charge in [0.25, 0.3) is 0 Å². The molecular formula is C9H21INS-. The van der Waals surface area contributed by atoms with E-state index >= 15 is 0 Å². The van der Waals surface area contributed by atoms with Crippen molar-refractivity contribution in [3.05, 3.63) is 0 Å². The van der Waals surface area contributed by atoms with Gasteiger partial charge < -0.3 is 0 Å². The summed E-state index contributed by atoms with van der Waals surface area (Å²) in [6, 6.07) is 0. The Balaban J connectivity index is 2.48. The van der Waals surface area contributed by atoms with Crippen LogP contribution in [0.4, 0.5) is 0 Å². The van der Waals surface area contributed by atoms with E-state index in [2.05, 4.69) is 34.1 Å². The topological polar surface area (TPSA) is 12.0 Å². The molecule has 0 amide bonds. The Morgan fingerprint density at radius 2 is 2.08 bits per heavy atom. The SMILES string of the molecule is CC(C)[I-]1(C)CSCCCCN1. The molecule has 1 unspecified atom stereocenters. The van der Waals surface area contributed by atoms with Gasteiger partial charge in [0.1, 0.15) is 0 Å². The van der Waals surface area contributed by atoms with Gasteiger partial charge >= 0.3 is 85.6 Å². The molecule has 0 aromatic carbocycles. The first kappa shape index (κ1) is 11.1. The second-order valence-electron chi connectivity index (χ2n) is 3.69. The molecule has 1 nitrogen and oxygen atoms in total. The normalized spacial score (nSPS) is 38.3. The molecule has 0 aliphatic carbocycles. The zero-order valence-corrected chi connectivity index (χ0v) is 11.4. The van der Waals surface area contributed by atoms with Gasteiger partial charge in [-0.05, 0) is 0 Å². The molecule has 76 valence electrons. The number of hydrogen-bond donors (Lipinski definition) is 1. The van der Waals surface area contributed by atoms with Crippen LogP contribution in [0.25, 0.3) is 0 Å². The summed E-state index contributed by atoms with van der Waals surface area (Å²) < 4.78 is 6.22. The van der Waals surface area contributed by atoms with E-state index < -0.39 is 18.7 Å². The van der Waals surface area contributed by atoms with E-state index in [4.69, 9.17) is 0 Å². The maximum absolute atomic E-state index is 3.86. The molecule has 0 radical (unpaired) electrons. The predicted octanol–water partition coefficient (Wildman–Crippen LogP) is -0.826. The van der Waals surface area contributed by atoms with Crippen molar-refractivity contribution < 1.29 is 18.7 Å². The van der Waals surface area contributed by atoms with E-state index in [0.717, 1.165) is 3.92 Å². The van der Waals surface area contributed by atoms with Crippen molar-refractivity contribution in [3.8, 4) is 0 Å². The fourth-order valence-corrected chi connectivity index (χ4v) is 11.3. The summed E-state index contributed by atoms with van der Waals surface area (Å²) in [6.45, 7) is 6.07. The molecule has 0 saturated carbocycles. The van der Waals surface area contributed by atoms with Gasteiger partial charge in [-0.1, -0.05) is 0 Å². The molecule has 1 rings (SSSR count). The maximum atomic E-state index is 3.86. The van der Waals surface area contributed by atoms with Crippen molar-refractivity contribution in [3.63, 3.8) is 0 Å². The van der Waals surface area contributed by atoms with Gasteiger partial charge in [0, 0.05) is 0 Å². The van der Waals surface area contributed by atoms with Crippen molar-refractivity contribution in [1.29, 1.82) is 0 Å². The second-order valence-corrected chi connectivity index (χ2v) is 16.0. The van der Waals surface area contributed by atoms with Crippen molar-refractivity contribution in [2.45, 2.75) is 30.6 Å². The zero-order chi connectivity index (χ0) is 9.03. The van der Waals surface area contributed by atoms with Crippen molar-refractivity contribution in [1.82, 2.24) is 3.53 Å². The Morgan fingerprint density at radius 3 is 2.75 bits per heavy atom. The third kappa shape index (κ3) is 3.07. The third-order valence-corrected chi connectivity index (χ3v) is 16.6. The molecule has 3 heteroatoms. The molecule has 1 saturated heterocycles. The Labute approximate surface area is 85.3 Å². The van der Waals surface area contributed by atoms with E-state index in [9.17, 15) is 0 Å². The molecule has 1 heterocycles. The van der Waals surface area contributed by atoms with Gasteiger partial charge in [0.15, 0.2) is 0 Å². The number of alkyl halides is 3. The summed E-state index contributed by atoms with van der Waals surface area (Å²) in [7, 11) is 0. The van der Waals surface area contributed by atoms with Crippen LogP contribution >= 0.6 is 11.8 Å². The molecule has 12 heavy (non-hydrogen) atoms. The number of thioether (sulfide) groups is 1. The van der Waals surface area contributed by atoms with Crippen molar-refractivity contribution >= 4 is 11.8 Å². The first-order valence-electron chi connectivity index (χ1n) is 4.64. The van der Waals surface area contributed by atoms with E-state index in [1.165, 1.54) is 28.9 Å². The van der Waals surface area contributed by atoms with Gasteiger partial charge in [-0.15, -0.1) is 0 Å².